The zero-order valence-electron chi connectivity index (χ0n) is 22.8. The summed E-state index contributed by atoms with van der Waals surface area (Å²) in [5.41, 5.74) is 1.98. The maximum absolute atomic E-state index is 13.8. The average Bonchev–Trinajstić information content (AvgIpc) is 3.52. The fourth-order valence-electron chi connectivity index (χ4n) is 4.57. The monoisotopic (exact) mass is 649 g/mol. The van der Waals surface area contributed by atoms with Gasteiger partial charge < -0.3 is 20.2 Å². The number of ether oxygens (including phenoxy) is 1. The minimum atomic E-state index is -0.991. The number of oxime groups is 1. The van der Waals surface area contributed by atoms with Gasteiger partial charge in [0, 0.05) is 17.0 Å². The van der Waals surface area contributed by atoms with Gasteiger partial charge in [0.05, 0.1) is 0 Å². The van der Waals surface area contributed by atoms with Crippen molar-refractivity contribution in [1.29, 1.82) is 0 Å². The van der Waals surface area contributed by atoms with Gasteiger partial charge in [0.25, 0.3) is 11.8 Å². The summed E-state index contributed by atoms with van der Waals surface area (Å²) in [6.45, 7) is -0.209. The lowest BCUT2D eigenvalue weighted by molar-refractivity contribution is -0.154. The van der Waals surface area contributed by atoms with Crippen molar-refractivity contribution < 1.29 is 28.8 Å². The summed E-state index contributed by atoms with van der Waals surface area (Å²) in [5.74, 6) is 0.615. The number of amides is 3. The highest BCUT2D eigenvalue weighted by molar-refractivity contribution is 8.00. The molecular weight excluding hydrogens is 626 g/mol. The number of terminal acetylenes is 1. The van der Waals surface area contributed by atoms with E-state index in [0.717, 1.165) is 22.5 Å². The predicted octanol–water partition coefficient (Wildman–Crippen LogP) is 3.29. The standard InChI is InChI=1S/C30H24ClN5O6S2/c1-2-13-41-35-22(21-16-44-30(33-21)32-17-37)26(38)34-23-27(39)36-24(20(14-31)15-43-28(23)36)29(40)42-25(18-9-5-3-6-10-18)19-11-7-4-8-12-19/h1,3-12,16-17,23,25,28H,13-15H2,(H,34,38)(H,32,33,37)/t23?,28-/m1/s1. The molecule has 14 heteroatoms. The van der Waals surface area contributed by atoms with Gasteiger partial charge in [-0.3, -0.25) is 19.3 Å². The quantitative estimate of drug-likeness (QED) is 0.0446. The maximum atomic E-state index is 13.8. The Kier molecular flexibility index (Phi) is 9.96. The number of esters is 1. The number of carbonyl (C=O) groups is 4. The second kappa shape index (κ2) is 14.2. The van der Waals surface area contributed by atoms with E-state index in [0.29, 0.717) is 17.7 Å². The van der Waals surface area contributed by atoms with Gasteiger partial charge in [0.1, 0.15) is 22.8 Å². The Balaban J connectivity index is 1.36. The van der Waals surface area contributed by atoms with Crippen LogP contribution < -0.4 is 10.6 Å². The first-order valence-electron chi connectivity index (χ1n) is 13.1. The molecule has 3 heterocycles. The lowest BCUT2D eigenvalue weighted by atomic mass is 10.0. The van der Waals surface area contributed by atoms with E-state index in [4.69, 9.17) is 27.6 Å². The third-order valence-corrected chi connectivity index (χ3v) is 9.00. The average molecular weight is 650 g/mol. The molecule has 0 saturated carbocycles. The minimum absolute atomic E-state index is 0.0105. The molecule has 5 rings (SSSR count). The molecule has 2 aliphatic heterocycles. The summed E-state index contributed by atoms with van der Waals surface area (Å²) < 4.78 is 6.05. The number of alkyl halides is 1. The van der Waals surface area contributed by atoms with Gasteiger partial charge in [0.2, 0.25) is 6.41 Å². The molecule has 3 aromatic rings. The molecule has 2 atom stereocenters. The zero-order valence-corrected chi connectivity index (χ0v) is 25.2. The molecule has 1 aromatic heterocycles. The van der Waals surface area contributed by atoms with Crippen LogP contribution in [0.3, 0.4) is 0 Å². The van der Waals surface area contributed by atoms with Crippen molar-refractivity contribution >= 4 is 69.7 Å². The first-order valence-corrected chi connectivity index (χ1v) is 15.6. The van der Waals surface area contributed by atoms with Gasteiger partial charge in [-0.05, 0) is 16.7 Å². The first kappa shape index (κ1) is 30.8. The predicted molar refractivity (Wildman–Crippen MR) is 167 cm³/mol. The Labute approximate surface area is 265 Å². The van der Waals surface area contributed by atoms with Gasteiger partial charge in [-0.1, -0.05) is 71.7 Å². The topological polar surface area (TPSA) is 139 Å². The minimum Gasteiger partial charge on any atom is -0.448 e. The van der Waals surface area contributed by atoms with E-state index in [-0.39, 0.29) is 34.7 Å². The fourth-order valence-corrected chi connectivity index (χ4v) is 6.90. The van der Waals surface area contributed by atoms with Crippen LogP contribution in [-0.4, -0.2) is 69.4 Å². The van der Waals surface area contributed by atoms with E-state index in [1.165, 1.54) is 22.0 Å². The van der Waals surface area contributed by atoms with Gasteiger partial charge >= 0.3 is 5.97 Å². The van der Waals surface area contributed by atoms with E-state index in [1.807, 2.05) is 60.7 Å². The van der Waals surface area contributed by atoms with E-state index in [1.54, 1.807) is 0 Å². The summed E-state index contributed by atoms with van der Waals surface area (Å²) in [4.78, 5) is 61.9. The number of halogens is 1. The summed E-state index contributed by atoms with van der Waals surface area (Å²) in [6.07, 6.45) is 4.94. The van der Waals surface area contributed by atoms with Gasteiger partial charge in [-0.2, -0.15) is 0 Å². The van der Waals surface area contributed by atoms with Crippen molar-refractivity contribution in [2.24, 2.45) is 5.16 Å². The summed E-state index contributed by atoms with van der Waals surface area (Å²) in [6, 6.07) is 17.6. The molecule has 11 nitrogen and oxygen atoms in total. The van der Waals surface area contributed by atoms with Crippen molar-refractivity contribution in [2.75, 3.05) is 23.6 Å². The molecule has 2 aromatic carbocycles. The van der Waals surface area contributed by atoms with Crippen LogP contribution in [0.15, 0.2) is 82.5 Å². The van der Waals surface area contributed by atoms with Gasteiger partial charge in [-0.25, -0.2) is 9.78 Å². The summed E-state index contributed by atoms with van der Waals surface area (Å²) in [7, 11) is 0. The highest BCUT2D eigenvalue weighted by Crippen LogP contribution is 2.42. The summed E-state index contributed by atoms with van der Waals surface area (Å²) in [5, 5.41) is 10.00. The van der Waals surface area contributed by atoms with Gasteiger partial charge in [-0.15, -0.1) is 41.1 Å². The molecule has 3 amide bonds. The largest absolute Gasteiger partial charge is 0.448 e. The lowest BCUT2D eigenvalue weighted by Gasteiger charge is -2.49. The number of hydrogen-bond donors (Lipinski definition) is 2. The van der Waals surface area contributed by atoms with Crippen LogP contribution in [0.25, 0.3) is 0 Å². The molecule has 2 aliphatic rings. The molecule has 0 spiro atoms. The van der Waals surface area contributed by atoms with Crippen LogP contribution in [0.5, 0.6) is 0 Å². The smallest absolute Gasteiger partial charge is 0.356 e. The Hall–Kier alpha value is -4.64. The summed E-state index contributed by atoms with van der Waals surface area (Å²) >= 11 is 8.64. The fraction of sp³-hybridized carbons (Fsp3) is 0.200. The Morgan fingerprint density at radius 2 is 1.86 bits per heavy atom. The maximum Gasteiger partial charge on any atom is 0.356 e. The van der Waals surface area contributed by atoms with Crippen LogP contribution in [-0.2, 0) is 28.8 Å². The van der Waals surface area contributed by atoms with Crippen molar-refractivity contribution in [2.45, 2.75) is 17.5 Å². The van der Waals surface area contributed by atoms with Crippen LogP contribution in [0.4, 0.5) is 5.13 Å². The third-order valence-electron chi connectivity index (χ3n) is 6.57. The number of nitrogens with zero attached hydrogens (tertiary/aromatic N) is 3. The molecule has 44 heavy (non-hydrogen) atoms. The van der Waals surface area contributed by atoms with Gasteiger partial charge in [0.15, 0.2) is 23.6 Å². The number of rotatable bonds is 12. The highest BCUT2D eigenvalue weighted by atomic mass is 35.5. The molecule has 2 N–H and O–H groups in total. The Morgan fingerprint density at radius 3 is 2.48 bits per heavy atom. The number of thioether (sulfide) groups is 1. The number of fused-ring (bicyclic) bond motifs is 1. The Morgan fingerprint density at radius 1 is 1.18 bits per heavy atom. The first-order chi connectivity index (χ1) is 21.5. The molecule has 1 saturated heterocycles. The number of hydrogen-bond acceptors (Lipinski definition) is 10. The molecule has 224 valence electrons. The van der Waals surface area contributed by atoms with E-state index in [9.17, 15) is 19.2 Å². The number of nitrogens with one attached hydrogen (secondary N) is 2. The van der Waals surface area contributed by atoms with Crippen molar-refractivity contribution in [1.82, 2.24) is 15.2 Å². The molecule has 0 radical (unpaired) electrons. The van der Waals surface area contributed by atoms with Crippen LogP contribution >= 0.6 is 34.7 Å². The third kappa shape index (κ3) is 6.47. The number of carbonyl (C=O) groups excluding carboxylic acids is 4. The van der Waals surface area contributed by atoms with E-state index < -0.39 is 35.3 Å². The van der Waals surface area contributed by atoms with Crippen LogP contribution in [0.1, 0.15) is 22.9 Å². The van der Waals surface area contributed by atoms with Crippen LogP contribution in [0.2, 0.25) is 0 Å². The zero-order chi connectivity index (χ0) is 31.1. The second-order valence-electron chi connectivity index (χ2n) is 9.27. The van der Waals surface area contributed by atoms with Crippen LogP contribution in [0, 0.1) is 12.3 Å². The number of thiazole rings is 1. The Bertz CT molecular complexity index is 1620. The number of benzene rings is 2. The molecule has 1 unspecified atom stereocenters. The molecule has 1 fully saturated rings. The van der Waals surface area contributed by atoms with E-state index >= 15 is 0 Å². The van der Waals surface area contributed by atoms with Crippen molar-refractivity contribution in [3.63, 3.8) is 0 Å². The molecular formula is C30H24ClN5O6S2. The lowest BCUT2D eigenvalue weighted by Crippen LogP contribution is -2.71. The second-order valence-corrected chi connectivity index (χ2v) is 11.5. The number of aromatic nitrogens is 1. The molecule has 0 aliphatic carbocycles. The highest BCUT2D eigenvalue weighted by Gasteiger charge is 2.55. The number of anilines is 1. The number of β-lactam (4-membered cyclic amide) rings is 1. The van der Waals surface area contributed by atoms with Crippen molar-refractivity contribution in [3.8, 4) is 12.3 Å². The molecule has 0 bridgehead atoms. The van der Waals surface area contributed by atoms with E-state index in [2.05, 4.69) is 26.7 Å². The van der Waals surface area contributed by atoms with Crippen molar-refractivity contribution in [3.05, 3.63) is 94.1 Å². The normalized spacial score (nSPS) is 17.7. The SMILES string of the molecule is C#CCON=C(C(=O)NC1C(=O)N2C(C(=O)OC(c3ccccc3)c3ccccc3)=C(CCl)CS[C@H]12)c1csc(NC=O)n1.